The molecule has 1 heterocycles. The molecule has 0 atom stereocenters. The average molecular weight is 175 g/mol. The summed E-state index contributed by atoms with van der Waals surface area (Å²) in [5.74, 6) is 1.09. The molecule has 0 spiro atoms. The minimum atomic E-state index is 0.803. The molecule has 0 amide bonds. The van der Waals surface area contributed by atoms with Crippen LogP contribution in [0.5, 0.6) is 0 Å². The van der Waals surface area contributed by atoms with Gasteiger partial charge in [0.15, 0.2) is 0 Å². The number of nitrogen functional groups attached to an aromatic ring is 1. The van der Waals surface area contributed by atoms with Crippen molar-refractivity contribution >= 4 is 17.2 Å². The van der Waals surface area contributed by atoms with Crippen LogP contribution in [0.2, 0.25) is 0 Å². The van der Waals surface area contributed by atoms with Gasteiger partial charge in [-0.15, -0.1) is 0 Å². The maximum Gasteiger partial charge on any atom is 0.100 e. The van der Waals surface area contributed by atoms with E-state index in [-0.39, 0.29) is 0 Å². The Kier molecular flexibility index (Phi) is 1.93. The smallest absolute Gasteiger partial charge is 0.100 e. The predicted octanol–water partition coefficient (Wildman–Crippen LogP) is 1.51. The van der Waals surface area contributed by atoms with Gasteiger partial charge in [-0.2, -0.15) is 0 Å². The molecule has 0 saturated heterocycles. The number of amidine groups is 1. The van der Waals surface area contributed by atoms with Gasteiger partial charge in [0, 0.05) is 17.9 Å². The van der Waals surface area contributed by atoms with Gasteiger partial charge >= 0.3 is 0 Å². The molecule has 0 aromatic heterocycles. The summed E-state index contributed by atoms with van der Waals surface area (Å²) in [7, 11) is 0. The molecule has 2 rings (SSSR count). The lowest BCUT2D eigenvalue weighted by molar-refractivity contribution is 1.02. The molecule has 1 aromatic rings. The Hall–Kier alpha value is -1.51. The molecule has 3 heteroatoms. The van der Waals surface area contributed by atoms with Crippen molar-refractivity contribution in [1.82, 2.24) is 0 Å². The Labute approximate surface area is 77.9 Å². The van der Waals surface area contributed by atoms with Gasteiger partial charge in [-0.05, 0) is 31.2 Å². The molecule has 0 saturated carbocycles. The second-order valence-electron chi connectivity index (χ2n) is 3.17. The predicted molar refractivity (Wildman–Crippen MR) is 56.2 cm³/mol. The Balaban J connectivity index is 2.26. The molecule has 0 fully saturated rings. The lowest BCUT2D eigenvalue weighted by Gasteiger charge is -2.17. The van der Waals surface area contributed by atoms with Gasteiger partial charge in [-0.25, -0.2) is 0 Å². The van der Waals surface area contributed by atoms with Crippen molar-refractivity contribution in [3.05, 3.63) is 24.3 Å². The molecule has 1 aromatic carbocycles. The molecule has 13 heavy (non-hydrogen) atoms. The Bertz CT molecular complexity index is 327. The fourth-order valence-corrected chi connectivity index (χ4v) is 1.53. The van der Waals surface area contributed by atoms with E-state index in [2.05, 4.69) is 9.89 Å². The van der Waals surface area contributed by atoms with Crippen LogP contribution < -0.4 is 10.6 Å². The number of aliphatic imine (C=N–C) groups is 1. The van der Waals surface area contributed by atoms with Gasteiger partial charge in [0.1, 0.15) is 5.84 Å². The zero-order valence-electron chi connectivity index (χ0n) is 7.70. The lowest BCUT2D eigenvalue weighted by atomic mass is 10.2. The van der Waals surface area contributed by atoms with Crippen molar-refractivity contribution in [1.29, 1.82) is 0 Å². The third-order valence-electron chi connectivity index (χ3n) is 2.26. The van der Waals surface area contributed by atoms with Crippen LogP contribution in [0.15, 0.2) is 29.3 Å². The van der Waals surface area contributed by atoms with Crippen molar-refractivity contribution in [2.45, 2.75) is 6.92 Å². The minimum Gasteiger partial charge on any atom is -0.399 e. The maximum atomic E-state index is 5.61. The summed E-state index contributed by atoms with van der Waals surface area (Å²) in [5.41, 5.74) is 7.59. The summed E-state index contributed by atoms with van der Waals surface area (Å²) >= 11 is 0. The standard InChI is InChI=1S/C10H13N3/c1-8-12-6-7-13(8)10-4-2-9(11)3-5-10/h2-5H,6-7,11H2,1H3. The largest absolute Gasteiger partial charge is 0.399 e. The minimum absolute atomic E-state index is 0.803. The van der Waals surface area contributed by atoms with E-state index in [9.17, 15) is 0 Å². The lowest BCUT2D eigenvalue weighted by Crippen LogP contribution is -2.24. The molecule has 0 bridgehead atoms. The van der Waals surface area contributed by atoms with E-state index in [1.54, 1.807) is 0 Å². The molecule has 1 aliphatic heterocycles. The van der Waals surface area contributed by atoms with E-state index in [0.29, 0.717) is 0 Å². The van der Waals surface area contributed by atoms with Crippen LogP contribution in [0.25, 0.3) is 0 Å². The van der Waals surface area contributed by atoms with Crippen LogP contribution >= 0.6 is 0 Å². The molecule has 3 nitrogen and oxygen atoms in total. The van der Waals surface area contributed by atoms with Gasteiger partial charge in [0.05, 0.1) is 6.54 Å². The second-order valence-corrected chi connectivity index (χ2v) is 3.17. The van der Waals surface area contributed by atoms with Crippen LogP contribution in [0.4, 0.5) is 11.4 Å². The first-order chi connectivity index (χ1) is 6.27. The van der Waals surface area contributed by atoms with Crippen LogP contribution in [0, 0.1) is 0 Å². The number of rotatable bonds is 1. The number of nitrogens with zero attached hydrogens (tertiary/aromatic N) is 2. The van der Waals surface area contributed by atoms with Gasteiger partial charge < -0.3 is 10.6 Å². The third-order valence-corrected chi connectivity index (χ3v) is 2.26. The molecule has 0 radical (unpaired) electrons. The van der Waals surface area contributed by atoms with Crippen LogP contribution in [-0.2, 0) is 0 Å². The number of hydrogen-bond donors (Lipinski definition) is 1. The fourth-order valence-electron chi connectivity index (χ4n) is 1.53. The SMILES string of the molecule is CC1=NCCN1c1ccc(N)cc1. The highest BCUT2D eigenvalue weighted by Gasteiger charge is 2.13. The quantitative estimate of drug-likeness (QED) is 0.657. The highest BCUT2D eigenvalue weighted by atomic mass is 15.2. The highest BCUT2D eigenvalue weighted by molar-refractivity contribution is 5.97. The fraction of sp³-hybridized carbons (Fsp3) is 0.300. The van der Waals surface area contributed by atoms with Crippen molar-refractivity contribution in [2.75, 3.05) is 23.7 Å². The van der Waals surface area contributed by atoms with E-state index >= 15 is 0 Å². The Morgan fingerprint density at radius 3 is 2.54 bits per heavy atom. The van der Waals surface area contributed by atoms with Crippen LogP contribution in [-0.4, -0.2) is 18.9 Å². The van der Waals surface area contributed by atoms with E-state index in [1.165, 1.54) is 5.69 Å². The van der Waals surface area contributed by atoms with Crippen LogP contribution in [0.1, 0.15) is 6.92 Å². The van der Waals surface area contributed by atoms with Crippen molar-refractivity contribution in [3.63, 3.8) is 0 Å². The van der Waals surface area contributed by atoms with E-state index in [0.717, 1.165) is 24.6 Å². The van der Waals surface area contributed by atoms with E-state index in [4.69, 9.17) is 5.73 Å². The monoisotopic (exact) mass is 175 g/mol. The Morgan fingerprint density at radius 2 is 2.00 bits per heavy atom. The first-order valence-electron chi connectivity index (χ1n) is 4.41. The summed E-state index contributed by atoms with van der Waals surface area (Å²) in [6.45, 7) is 3.91. The zero-order valence-corrected chi connectivity index (χ0v) is 7.70. The Morgan fingerprint density at radius 1 is 1.31 bits per heavy atom. The number of nitrogens with two attached hydrogens (primary N) is 1. The van der Waals surface area contributed by atoms with Gasteiger partial charge in [-0.1, -0.05) is 0 Å². The summed E-state index contributed by atoms with van der Waals surface area (Å²) in [6.07, 6.45) is 0. The third kappa shape index (κ3) is 1.49. The first-order valence-corrected chi connectivity index (χ1v) is 4.41. The molecule has 0 unspecified atom stereocenters. The zero-order chi connectivity index (χ0) is 9.26. The van der Waals surface area contributed by atoms with E-state index < -0.39 is 0 Å². The topological polar surface area (TPSA) is 41.6 Å². The second kappa shape index (κ2) is 3.09. The highest BCUT2D eigenvalue weighted by Crippen LogP contribution is 2.18. The van der Waals surface area contributed by atoms with Gasteiger partial charge in [0.2, 0.25) is 0 Å². The van der Waals surface area contributed by atoms with Crippen molar-refractivity contribution < 1.29 is 0 Å². The molecule has 68 valence electrons. The maximum absolute atomic E-state index is 5.61. The molecule has 0 aliphatic carbocycles. The number of hydrogen-bond acceptors (Lipinski definition) is 3. The van der Waals surface area contributed by atoms with E-state index in [1.807, 2.05) is 31.2 Å². The van der Waals surface area contributed by atoms with Crippen molar-refractivity contribution in [2.24, 2.45) is 4.99 Å². The normalized spacial score (nSPS) is 16.1. The summed E-state index contributed by atoms with van der Waals surface area (Å²) in [6, 6.07) is 7.89. The number of anilines is 2. The first kappa shape index (κ1) is 8.10. The molecular formula is C10H13N3. The van der Waals surface area contributed by atoms with Gasteiger partial charge in [0.25, 0.3) is 0 Å². The average Bonchev–Trinajstić information content (AvgIpc) is 2.53. The molecule has 1 aliphatic rings. The summed E-state index contributed by atoms with van der Waals surface area (Å²) in [4.78, 5) is 6.52. The molecule has 2 N–H and O–H groups in total. The summed E-state index contributed by atoms with van der Waals surface area (Å²) < 4.78 is 0. The molecular weight excluding hydrogens is 162 g/mol. The van der Waals surface area contributed by atoms with Crippen molar-refractivity contribution in [3.8, 4) is 0 Å². The van der Waals surface area contributed by atoms with Crippen LogP contribution in [0.3, 0.4) is 0 Å². The van der Waals surface area contributed by atoms with Gasteiger partial charge in [-0.3, -0.25) is 4.99 Å². The summed E-state index contributed by atoms with van der Waals surface area (Å²) in [5, 5.41) is 0. The number of benzene rings is 1.